The standard InChI is InChI=1S/C15H16N2O5/c1-19-12-6-13(20-2)10(5-9(12)8-18)11-7-16-15(22-4)17-14(11)21-3/h5-8H,1-4H3. The van der Waals surface area contributed by atoms with Gasteiger partial charge in [0.15, 0.2) is 6.29 Å². The Kier molecular flexibility index (Phi) is 4.77. The summed E-state index contributed by atoms with van der Waals surface area (Å²) in [4.78, 5) is 19.4. The minimum Gasteiger partial charge on any atom is -0.496 e. The van der Waals surface area contributed by atoms with Crippen molar-refractivity contribution in [2.24, 2.45) is 0 Å². The highest BCUT2D eigenvalue weighted by molar-refractivity contribution is 5.86. The molecular weight excluding hydrogens is 288 g/mol. The van der Waals surface area contributed by atoms with Gasteiger partial charge in [0.25, 0.3) is 0 Å². The van der Waals surface area contributed by atoms with Gasteiger partial charge in [-0.15, -0.1) is 0 Å². The molecule has 0 radical (unpaired) electrons. The monoisotopic (exact) mass is 304 g/mol. The van der Waals surface area contributed by atoms with Crippen molar-refractivity contribution in [1.82, 2.24) is 9.97 Å². The molecule has 7 nitrogen and oxygen atoms in total. The number of ether oxygens (including phenoxy) is 4. The van der Waals surface area contributed by atoms with E-state index in [2.05, 4.69) is 9.97 Å². The smallest absolute Gasteiger partial charge is 0.319 e. The number of hydrogen-bond acceptors (Lipinski definition) is 7. The first kappa shape index (κ1) is 15.6. The van der Waals surface area contributed by atoms with Crippen LogP contribution in [-0.4, -0.2) is 44.7 Å². The summed E-state index contributed by atoms with van der Waals surface area (Å²) in [5.74, 6) is 1.24. The van der Waals surface area contributed by atoms with Crippen LogP contribution >= 0.6 is 0 Å². The molecule has 22 heavy (non-hydrogen) atoms. The predicted octanol–water partition coefficient (Wildman–Crippen LogP) is 1.99. The Morgan fingerprint density at radius 2 is 1.64 bits per heavy atom. The Labute approximate surface area is 127 Å². The second-order valence-corrected chi connectivity index (χ2v) is 4.19. The average Bonchev–Trinajstić information content (AvgIpc) is 2.59. The summed E-state index contributed by atoms with van der Waals surface area (Å²) in [7, 11) is 5.96. The van der Waals surface area contributed by atoms with Crippen LogP contribution in [0.5, 0.6) is 23.4 Å². The molecule has 0 spiro atoms. The van der Waals surface area contributed by atoms with Crippen LogP contribution < -0.4 is 18.9 Å². The molecule has 2 rings (SSSR count). The third-order valence-corrected chi connectivity index (χ3v) is 3.08. The lowest BCUT2D eigenvalue weighted by molar-refractivity contribution is 0.112. The second-order valence-electron chi connectivity index (χ2n) is 4.19. The number of aldehydes is 1. The molecule has 0 aliphatic rings. The number of aromatic nitrogens is 2. The van der Waals surface area contributed by atoms with Gasteiger partial charge in [-0.05, 0) is 6.07 Å². The van der Waals surface area contributed by atoms with Gasteiger partial charge < -0.3 is 18.9 Å². The summed E-state index contributed by atoms with van der Waals surface area (Å²) in [5, 5.41) is 0. The van der Waals surface area contributed by atoms with Crippen LogP contribution in [0.1, 0.15) is 10.4 Å². The van der Waals surface area contributed by atoms with Crippen LogP contribution in [0, 0.1) is 0 Å². The maximum absolute atomic E-state index is 11.2. The third-order valence-electron chi connectivity index (χ3n) is 3.08. The molecule has 1 heterocycles. The van der Waals surface area contributed by atoms with E-state index in [0.717, 1.165) is 0 Å². The fourth-order valence-corrected chi connectivity index (χ4v) is 2.02. The molecule has 0 fully saturated rings. The van der Waals surface area contributed by atoms with Crippen LogP contribution in [0.2, 0.25) is 0 Å². The van der Waals surface area contributed by atoms with E-state index in [-0.39, 0.29) is 6.01 Å². The molecule has 1 aromatic heterocycles. The van der Waals surface area contributed by atoms with Crippen molar-refractivity contribution in [2.45, 2.75) is 0 Å². The van der Waals surface area contributed by atoms with E-state index >= 15 is 0 Å². The Hall–Kier alpha value is -2.83. The van der Waals surface area contributed by atoms with Gasteiger partial charge in [-0.2, -0.15) is 4.98 Å². The molecule has 0 unspecified atom stereocenters. The van der Waals surface area contributed by atoms with Crippen molar-refractivity contribution in [1.29, 1.82) is 0 Å². The van der Waals surface area contributed by atoms with Crippen molar-refractivity contribution >= 4 is 6.29 Å². The summed E-state index contributed by atoms with van der Waals surface area (Å²) in [6.45, 7) is 0. The predicted molar refractivity (Wildman–Crippen MR) is 79.1 cm³/mol. The van der Waals surface area contributed by atoms with Gasteiger partial charge in [0, 0.05) is 17.8 Å². The fourth-order valence-electron chi connectivity index (χ4n) is 2.02. The Morgan fingerprint density at radius 1 is 0.909 bits per heavy atom. The molecule has 0 N–H and O–H groups in total. The van der Waals surface area contributed by atoms with Gasteiger partial charge in [-0.25, -0.2) is 4.98 Å². The van der Waals surface area contributed by atoms with Gasteiger partial charge in [0.2, 0.25) is 5.88 Å². The maximum Gasteiger partial charge on any atom is 0.319 e. The SMILES string of the molecule is COc1ncc(-c2cc(C=O)c(OC)cc2OC)c(OC)n1. The molecule has 2 aromatic rings. The molecule has 0 bridgehead atoms. The molecule has 0 amide bonds. The maximum atomic E-state index is 11.2. The van der Waals surface area contributed by atoms with Gasteiger partial charge >= 0.3 is 6.01 Å². The van der Waals surface area contributed by atoms with Crippen LogP contribution in [0.3, 0.4) is 0 Å². The van der Waals surface area contributed by atoms with Crippen LogP contribution in [0.4, 0.5) is 0 Å². The van der Waals surface area contributed by atoms with E-state index in [9.17, 15) is 4.79 Å². The lowest BCUT2D eigenvalue weighted by atomic mass is 10.0. The molecular formula is C15H16N2O5. The molecule has 1 aromatic carbocycles. The van der Waals surface area contributed by atoms with Crippen molar-refractivity contribution in [2.75, 3.05) is 28.4 Å². The number of benzene rings is 1. The van der Waals surface area contributed by atoms with Crippen molar-refractivity contribution < 1.29 is 23.7 Å². The van der Waals surface area contributed by atoms with E-state index in [1.807, 2.05) is 0 Å². The first-order valence-electron chi connectivity index (χ1n) is 6.35. The van der Waals surface area contributed by atoms with Gasteiger partial charge in [-0.1, -0.05) is 0 Å². The van der Waals surface area contributed by atoms with Gasteiger partial charge in [0.1, 0.15) is 11.5 Å². The number of rotatable bonds is 6. The fraction of sp³-hybridized carbons (Fsp3) is 0.267. The van der Waals surface area contributed by atoms with E-state index in [1.165, 1.54) is 28.4 Å². The Morgan fingerprint density at radius 3 is 2.18 bits per heavy atom. The summed E-state index contributed by atoms with van der Waals surface area (Å²) >= 11 is 0. The first-order valence-corrected chi connectivity index (χ1v) is 6.35. The zero-order valence-corrected chi connectivity index (χ0v) is 12.7. The summed E-state index contributed by atoms with van der Waals surface area (Å²) in [6.07, 6.45) is 2.25. The van der Waals surface area contributed by atoms with Crippen LogP contribution in [-0.2, 0) is 0 Å². The minimum atomic E-state index is 0.184. The minimum absolute atomic E-state index is 0.184. The molecule has 116 valence electrons. The summed E-state index contributed by atoms with van der Waals surface area (Å²) < 4.78 is 20.8. The Bertz CT molecular complexity index is 688. The van der Waals surface area contributed by atoms with E-state index in [0.29, 0.717) is 40.4 Å². The molecule has 0 atom stereocenters. The number of carbonyl (C=O) groups is 1. The van der Waals surface area contributed by atoms with E-state index in [1.54, 1.807) is 18.3 Å². The van der Waals surface area contributed by atoms with Crippen molar-refractivity contribution in [3.05, 3.63) is 23.9 Å². The Balaban J connectivity index is 2.68. The zero-order chi connectivity index (χ0) is 16.1. The summed E-state index contributed by atoms with van der Waals surface area (Å²) in [6, 6.07) is 3.45. The molecule has 0 saturated carbocycles. The van der Waals surface area contributed by atoms with Crippen LogP contribution in [0.25, 0.3) is 11.1 Å². The second kappa shape index (κ2) is 6.75. The number of carbonyl (C=O) groups excluding carboxylic acids is 1. The third kappa shape index (κ3) is 2.78. The van der Waals surface area contributed by atoms with E-state index < -0.39 is 0 Å². The lowest BCUT2D eigenvalue weighted by Gasteiger charge is -2.14. The topological polar surface area (TPSA) is 79.8 Å². The van der Waals surface area contributed by atoms with Crippen molar-refractivity contribution in [3.8, 4) is 34.5 Å². The highest BCUT2D eigenvalue weighted by Crippen LogP contribution is 2.39. The number of nitrogens with zero attached hydrogens (tertiary/aromatic N) is 2. The summed E-state index contributed by atoms with van der Waals surface area (Å²) in [5.41, 5.74) is 1.58. The molecule has 0 aliphatic heterocycles. The average molecular weight is 304 g/mol. The van der Waals surface area contributed by atoms with E-state index in [4.69, 9.17) is 18.9 Å². The van der Waals surface area contributed by atoms with Gasteiger partial charge in [-0.3, -0.25) is 4.79 Å². The normalized spacial score (nSPS) is 10.0. The highest BCUT2D eigenvalue weighted by Gasteiger charge is 2.18. The lowest BCUT2D eigenvalue weighted by Crippen LogP contribution is -2.00. The largest absolute Gasteiger partial charge is 0.496 e. The first-order chi connectivity index (χ1) is 10.7. The molecule has 7 heteroatoms. The van der Waals surface area contributed by atoms with Gasteiger partial charge in [0.05, 0.1) is 39.6 Å². The number of methoxy groups -OCH3 is 4. The highest BCUT2D eigenvalue weighted by atomic mass is 16.5. The molecule has 0 saturated heterocycles. The molecule has 0 aliphatic carbocycles. The van der Waals surface area contributed by atoms with Crippen molar-refractivity contribution in [3.63, 3.8) is 0 Å². The number of hydrogen-bond donors (Lipinski definition) is 0. The quantitative estimate of drug-likeness (QED) is 0.755. The zero-order valence-electron chi connectivity index (χ0n) is 12.7. The van der Waals surface area contributed by atoms with Crippen LogP contribution in [0.15, 0.2) is 18.3 Å².